The molecule has 3 heteroatoms. The average molecular weight is 355 g/mol. The molecule has 0 aromatic heterocycles. The van der Waals surface area contributed by atoms with Gasteiger partial charge < -0.3 is 0 Å². The van der Waals surface area contributed by atoms with E-state index in [9.17, 15) is 9.59 Å². The molecule has 0 aliphatic heterocycles. The first-order valence-corrected chi connectivity index (χ1v) is 8.83. The molecule has 0 bridgehead atoms. The highest BCUT2D eigenvalue weighted by Crippen LogP contribution is 2.13. The topological polar surface area (TPSA) is 37.4 Å². The van der Waals surface area contributed by atoms with Crippen LogP contribution >= 0.6 is 0 Å². The van der Waals surface area contributed by atoms with Crippen molar-refractivity contribution in [3.8, 4) is 0 Å². The van der Waals surface area contributed by atoms with Gasteiger partial charge in [0.1, 0.15) is 0 Å². The largest absolute Gasteiger partial charge is 0.270 e. The lowest BCUT2D eigenvalue weighted by atomic mass is 10.1. The van der Waals surface area contributed by atoms with Crippen molar-refractivity contribution in [2.45, 2.75) is 13.5 Å². The van der Waals surface area contributed by atoms with Crippen molar-refractivity contribution in [2.24, 2.45) is 0 Å². The van der Waals surface area contributed by atoms with Gasteiger partial charge in [-0.3, -0.25) is 14.5 Å². The number of carbonyl (C=O) groups is 2. The molecule has 3 nitrogen and oxygen atoms in total. The van der Waals surface area contributed by atoms with E-state index in [1.54, 1.807) is 18.2 Å². The second-order valence-corrected chi connectivity index (χ2v) is 6.33. The molecule has 0 aliphatic rings. The normalized spacial score (nSPS) is 10.7. The van der Waals surface area contributed by atoms with Gasteiger partial charge in [-0.15, -0.1) is 0 Å². The first-order valence-electron chi connectivity index (χ1n) is 8.83. The van der Waals surface area contributed by atoms with Crippen LogP contribution in [-0.4, -0.2) is 16.7 Å². The summed E-state index contributed by atoms with van der Waals surface area (Å²) >= 11 is 0. The molecule has 3 aromatic rings. The standard InChI is InChI=1S/C24H21NO2/c1-19-9-8-14-22(17-19)24(27)25(18-21-12-6-3-7-13-21)23(26)16-15-20-10-4-2-5-11-20/h2-17H,18H2,1H3/b16-15+. The summed E-state index contributed by atoms with van der Waals surface area (Å²) in [6, 6.07) is 26.4. The van der Waals surface area contributed by atoms with Crippen molar-refractivity contribution in [1.82, 2.24) is 4.90 Å². The first kappa shape index (κ1) is 18.3. The number of benzene rings is 3. The second-order valence-electron chi connectivity index (χ2n) is 6.33. The lowest BCUT2D eigenvalue weighted by molar-refractivity contribution is -0.124. The quantitative estimate of drug-likeness (QED) is 0.612. The lowest BCUT2D eigenvalue weighted by Crippen LogP contribution is -2.35. The number of amides is 2. The van der Waals surface area contributed by atoms with Crippen LogP contribution in [0.25, 0.3) is 6.08 Å². The molecule has 0 heterocycles. The smallest absolute Gasteiger partial charge is 0.261 e. The average Bonchev–Trinajstić information content (AvgIpc) is 2.71. The summed E-state index contributed by atoms with van der Waals surface area (Å²) in [7, 11) is 0. The van der Waals surface area contributed by atoms with Crippen molar-refractivity contribution < 1.29 is 9.59 Å². The molecule has 0 aliphatic carbocycles. The van der Waals surface area contributed by atoms with E-state index in [1.807, 2.05) is 79.7 Å². The summed E-state index contributed by atoms with van der Waals surface area (Å²) in [5.41, 5.74) is 3.30. The van der Waals surface area contributed by atoms with Crippen molar-refractivity contribution in [2.75, 3.05) is 0 Å². The Morgan fingerprint density at radius 1 is 0.852 bits per heavy atom. The van der Waals surface area contributed by atoms with Gasteiger partial charge in [0, 0.05) is 11.6 Å². The predicted molar refractivity (Wildman–Crippen MR) is 108 cm³/mol. The van der Waals surface area contributed by atoms with E-state index in [-0.39, 0.29) is 18.4 Å². The van der Waals surface area contributed by atoms with E-state index in [2.05, 4.69) is 0 Å². The summed E-state index contributed by atoms with van der Waals surface area (Å²) in [6.45, 7) is 2.15. The summed E-state index contributed by atoms with van der Waals surface area (Å²) < 4.78 is 0. The molecule has 0 N–H and O–H groups in total. The molecule has 3 aromatic carbocycles. The second kappa shape index (κ2) is 8.77. The Morgan fingerprint density at radius 2 is 1.52 bits per heavy atom. The van der Waals surface area contributed by atoms with Gasteiger partial charge in [0.2, 0.25) is 0 Å². The van der Waals surface area contributed by atoms with E-state index in [0.29, 0.717) is 5.56 Å². The highest BCUT2D eigenvalue weighted by molar-refractivity contribution is 6.09. The maximum atomic E-state index is 13.0. The van der Waals surface area contributed by atoms with Crippen LogP contribution in [0.1, 0.15) is 27.0 Å². The zero-order valence-electron chi connectivity index (χ0n) is 15.2. The molecule has 0 spiro atoms. The molecule has 0 atom stereocenters. The number of carbonyl (C=O) groups excluding carboxylic acids is 2. The molecular formula is C24H21NO2. The monoisotopic (exact) mass is 355 g/mol. The van der Waals surface area contributed by atoms with Gasteiger partial charge in [-0.05, 0) is 36.3 Å². The Kier molecular flexibility index (Phi) is 5.95. The Hall–Kier alpha value is -3.46. The zero-order chi connectivity index (χ0) is 19.1. The molecule has 0 radical (unpaired) electrons. The van der Waals surface area contributed by atoms with Crippen LogP contribution in [0.5, 0.6) is 0 Å². The van der Waals surface area contributed by atoms with Gasteiger partial charge in [-0.2, -0.15) is 0 Å². The minimum atomic E-state index is -0.339. The molecule has 27 heavy (non-hydrogen) atoms. The molecule has 0 saturated carbocycles. The maximum Gasteiger partial charge on any atom is 0.261 e. The Morgan fingerprint density at radius 3 is 2.19 bits per heavy atom. The van der Waals surface area contributed by atoms with E-state index in [1.165, 1.54) is 11.0 Å². The third-order valence-corrected chi connectivity index (χ3v) is 4.18. The molecule has 0 fully saturated rings. The molecule has 0 saturated heterocycles. The fourth-order valence-corrected chi connectivity index (χ4v) is 2.77. The Balaban J connectivity index is 1.88. The summed E-state index contributed by atoms with van der Waals surface area (Å²) in [4.78, 5) is 27.1. The minimum absolute atomic E-state index is 0.228. The van der Waals surface area contributed by atoms with Crippen molar-refractivity contribution >= 4 is 17.9 Å². The van der Waals surface area contributed by atoms with Gasteiger partial charge in [0.15, 0.2) is 0 Å². The maximum absolute atomic E-state index is 13.0. The van der Waals surface area contributed by atoms with Crippen LogP contribution in [0, 0.1) is 6.92 Å². The number of hydrogen-bond donors (Lipinski definition) is 0. The minimum Gasteiger partial charge on any atom is -0.270 e. The number of nitrogens with zero attached hydrogens (tertiary/aromatic N) is 1. The SMILES string of the molecule is Cc1cccc(C(=O)N(Cc2ccccc2)C(=O)/C=C/c2ccccc2)c1. The highest BCUT2D eigenvalue weighted by atomic mass is 16.2. The van der Waals surface area contributed by atoms with E-state index in [4.69, 9.17) is 0 Å². The summed E-state index contributed by atoms with van der Waals surface area (Å²) in [6.07, 6.45) is 3.18. The fraction of sp³-hybridized carbons (Fsp3) is 0.0833. The van der Waals surface area contributed by atoms with Crippen molar-refractivity contribution in [3.63, 3.8) is 0 Å². The van der Waals surface area contributed by atoms with Gasteiger partial charge in [0.25, 0.3) is 11.8 Å². The Labute approximate surface area is 159 Å². The molecule has 0 unspecified atom stereocenters. The van der Waals surface area contributed by atoms with Gasteiger partial charge in [-0.25, -0.2) is 0 Å². The zero-order valence-corrected chi connectivity index (χ0v) is 15.2. The van der Waals surface area contributed by atoms with E-state index < -0.39 is 0 Å². The third kappa shape index (κ3) is 5.02. The van der Waals surface area contributed by atoms with Crippen LogP contribution in [0.2, 0.25) is 0 Å². The van der Waals surface area contributed by atoms with Crippen molar-refractivity contribution in [1.29, 1.82) is 0 Å². The number of imide groups is 1. The Bertz CT molecular complexity index is 946. The van der Waals surface area contributed by atoms with E-state index >= 15 is 0 Å². The molecule has 3 rings (SSSR count). The van der Waals surface area contributed by atoms with Gasteiger partial charge in [-0.1, -0.05) is 78.4 Å². The highest BCUT2D eigenvalue weighted by Gasteiger charge is 2.21. The van der Waals surface area contributed by atoms with Crippen LogP contribution < -0.4 is 0 Å². The third-order valence-electron chi connectivity index (χ3n) is 4.18. The number of rotatable bonds is 5. The first-order chi connectivity index (χ1) is 13.1. The van der Waals surface area contributed by atoms with Crippen molar-refractivity contribution in [3.05, 3.63) is 113 Å². The number of hydrogen-bond acceptors (Lipinski definition) is 2. The molecular weight excluding hydrogens is 334 g/mol. The van der Waals surface area contributed by atoms with Gasteiger partial charge in [0.05, 0.1) is 6.54 Å². The van der Waals surface area contributed by atoms with Crippen LogP contribution in [0.15, 0.2) is 91.0 Å². The predicted octanol–water partition coefficient (Wildman–Crippen LogP) is 4.88. The lowest BCUT2D eigenvalue weighted by Gasteiger charge is -2.20. The van der Waals surface area contributed by atoms with Gasteiger partial charge >= 0.3 is 0 Å². The molecule has 2 amide bonds. The number of aryl methyl sites for hydroxylation is 1. The van der Waals surface area contributed by atoms with Crippen LogP contribution in [0.3, 0.4) is 0 Å². The van der Waals surface area contributed by atoms with Crippen LogP contribution in [-0.2, 0) is 11.3 Å². The van der Waals surface area contributed by atoms with Crippen LogP contribution in [0.4, 0.5) is 0 Å². The van der Waals surface area contributed by atoms with E-state index in [0.717, 1.165) is 16.7 Å². The summed E-state index contributed by atoms with van der Waals surface area (Å²) in [5, 5.41) is 0. The fourth-order valence-electron chi connectivity index (χ4n) is 2.77. The summed E-state index contributed by atoms with van der Waals surface area (Å²) in [5.74, 6) is -0.639. The molecule has 134 valence electrons.